The van der Waals surface area contributed by atoms with Gasteiger partial charge < -0.3 is 4.90 Å². The first-order valence-corrected chi connectivity index (χ1v) is 21.3. The van der Waals surface area contributed by atoms with Crippen LogP contribution >= 0.6 is 11.3 Å². The number of fused-ring (bicyclic) bond motifs is 4. The van der Waals surface area contributed by atoms with Gasteiger partial charge in [-0.2, -0.15) is 0 Å². The van der Waals surface area contributed by atoms with Crippen LogP contribution < -0.4 is 4.90 Å². The van der Waals surface area contributed by atoms with Gasteiger partial charge in [0.1, 0.15) is 0 Å². The molecule has 0 N–H and O–H groups in total. The van der Waals surface area contributed by atoms with Crippen molar-refractivity contribution in [1.82, 2.24) is 0 Å². The Hall–Kier alpha value is -7.52. The van der Waals surface area contributed by atoms with E-state index in [0.29, 0.717) is 0 Å². The van der Waals surface area contributed by atoms with Gasteiger partial charge in [0.2, 0.25) is 0 Å². The number of benzene rings is 10. The van der Waals surface area contributed by atoms with Gasteiger partial charge in [0, 0.05) is 42.8 Å². The van der Waals surface area contributed by atoms with Crippen LogP contribution in [-0.4, -0.2) is 0 Å². The zero-order valence-electron chi connectivity index (χ0n) is 32.9. The van der Waals surface area contributed by atoms with E-state index < -0.39 is 0 Å². The summed E-state index contributed by atoms with van der Waals surface area (Å²) in [5.41, 5.74) is 15.5. The smallest absolute Gasteiger partial charge is 0.0462 e. The second kappa shape index (κ2) is 15.3. The topological polar surface area (TPSA) is 3.24 Å². The second-order valence-corrected chi connectivity index (χ2v) is 16.4. The Bertz CT molecular complexity index is 3260. The third kappa shape index (κ3) is 6.63. The van der Waals surface area contributed by atoms with Crippen LogP contribution in [0.4, 0.5) is 17.1 Å². The SMILES string of the molecule is c1ccc(-c2ccc(-c3ccc(N(c4ccc(-c5ccccc5)cc4)c4ccc(-c5ccc6c(sc7ccccc76)c5-c5ccc6ccccc6c5)cc4)cc3)cc2)cc1. The lowest BCUT2D eigenvalue weighted by molar-refractivity contribution is 1.28. The first-order chi connectivity index (χ1) is 29.7. The van der Waals surface area contributed by atoms with Gasteiger partial charge in [-0.05, 0) is 109 Å². The second-order valence-electron chi connectivity index (χ2n) is 15.3. The molecule has 10 aromatic carbocycles. The quantitative estimate of drug-likeness (QED) is 0.148. The molecular weight excluding hydrogens is 743 g/mol. The first-order valence-electron chi connectivity index (χ1n) is 20.5. The number of thiophene rings is 1. The van der Waals surface area contributed by atoms with Crippen LogP contribution in [-0.2, 0) is 0 Å². The van der Waals surface area contributed by atoms with Crippen LogP contribution in [0.5, 0.6) is 0 Å². The van der Waals surface area contributed by atoms with Crippen LogP contribution in [0.1, 0.15) is 0 Å². The van der Waals surface area contributed by atoms with Gasteiger partial charge in [0.05, 0.1) is 0 Å². The fourth-order valence-electron chi connectivity index (χ4n) is 8.62. The number of hydrogen-bond acceptors (Lipinski definition) is 2. The minimum Gasteiger partial charge on any atom is -0.311 e. The van der Waals surface area contributed by atoms with Gasteiger partial charge in [0.25, 0.3) is 0 Å². The van der Waals surface area contributed by atoms with E-state index in [9.17, 15) is 0 Å². The van der Waals surface area contributed by atoms with Gasteiger partial charge in [-0.1, -0.05) is 188 Å². The molecule has 0 saturated heterocycles. The van der Waals surface area contributed by atoms with Crippen molar-refractivity contribution in [2.75, 3.05) is 4.90 Å². The van der Waals surface area contributed by atoms with Crippen molar-refractivity contribution in [3.05, 3.63) is 237 Å². The molecular formula is C58H39NS. The van der Waals surface area contributed by atoms with E-state index in [4.69, 9.17) is 0 Å². The Balaban J connectivity index is 0.994. The first kappa shape index (κ1) is 35.6. The average molecular weight is 782 g/mol. The van der Waals surface area contributed by atoms with Crippen molar-refractivity contribution >= 4 is 59.3 Å². The van der Waals surface area contributed by atoms with Gasteiger partial charge in [-0.3, -0.25) is 0 Å². The van der Waals surface area contributed by atoms with Crippen LogP contribution in [0.15, 0.2) is 237 Å². The molecule has 0 radical (unpaired) electrons. The summed E-state index contributed by atoms with van der Waals surface area (Å²) < 4.78 is 2.63. The Morgan fingerprint density at radius 3 is 1.28 bits per heavy atom. The maximum absolute atomic E-state index is 2.36. The van der Waals surface area contributed by atoms with Crippen molar-refractivity contribution < 1.29 is 0 Å². The Kier molecular flexibility index (Phi) is 9.11. The summed E-state index contributed by atoms with van der Waals surface area (Å²) >= 11 is 1.89. The molecule has 1 aromatic heterocycles. The summed E-state index contributed by atoms with van der Waals surface area (Å²) in [6, 6.07) is 86.0. The molecule has 1 nitrogen and oxygen atoms in total. The number of rotatable bonds is 8. The molecule has 1 heterocycles. The van der Waals surface area contributed by atoms with Crippen LogP contribution in [0, 0.1) is 0 Å². The van der Waals surface area contributed by atoms with Crippen LogP contribution in [0.25, 0.3) is 86.6 Å². The zero-order valence-corrected chi connectivity index (χ0v) is 33.7. The normalized spacial score (nSPS) is 11.3. The minimum absolute atomic E-state index is 1.10. The van der Waals surface area contributed by atoms with E-state index in [1.807, 2.05) is 11.3 Å². The van der Waals surface area contributed by atoms with E-state index in [1.54, 1.807) is 0 Å². The van der Waals surface area contributed by atoms with Crippen molar-refractivity contribution in [2.24, 2.45) is 0 Å². The predicted octanol–water partition coefficient (Wildman–Crippen LogP) is 17.0. The number of anilines is 3. The molecule has 60 heavy (non-hydrogen) atoms. The van der Waals surface area contributed by atoms with Crippen LogP contribution in [0.3, 0.4) is 0 Å². The maximum Gasteiger partial charge on any atom is 0.0462 e. The molecule has 282 valence electrons. The molecule has 11 aromatic rings. The zero-order chi connectivity index (χ0) is 39.8. The van der Waals surface area contributed by atoms with E-state index in [0.717, 1.165) is 17.1 Å². The molecule has 0 amide bonds. The van der Waals surface area contributed by atoms with Crippen LogP contribution in [0.2, 0.25) is 0 Å². The summed E-state index contributed by atoms with van der Waals surface area (Å²) in [4.78, 5) is 2.36. The highest BCUT2D eigenvalue weighted by molar-refractivity contribution is 7.26. The molecule has 0 aliphatic carbocycles. The molecule has 0 saturated carbocycles. The number of hydrogen-bond donors (Lipinski definition) is 0. The molecule has 11 rings (SSSR count). The average Bonchev–Trinajstić information content (AvgIpc) is 3.71. The van der Waals surface area contributed by atoms with E-state index >= 15 is 0 Å². The van der Waals surface area contributed by atoms with Crippen molar-refractivity contribution in [1.29, 1.82) is 0 Å². The highest BCUT2D eigenvalue weighted by atomic mass is 32.1. The highest BCUT2D eigenvalue weighted by Gasteiger charge is 2.18. The van der Waals surface area contributed by atoms with E-state index in [-0.39, 0.29) is 0 Å². The number of nitrogens with zero attached hydrogens (tertiary/aromatic N) is 1. The predicted molar refractivity (Wildman–Crippen MR) is 259 cm³/mol. The Morgan fingerprint density at radius 2 is 0.717 bits per heavy atom. The van der Waals surface area contributed by atoms with E-state index in [2.05, 4.69) is 241 Å². The van der Waals surface area contributed by atoms with E-state index in [1.165, 1.54) is 86.6 Å². The summed E-state index contributed by atoms with van der Waals surface area (Å²) in [7, 11) is 0. The van der Waals surface area contributed by atoms with Crippen molar-refractivity contribution in [3.8, 4) is 55.6 Å². The lowest BCUT2D eigenvalue weighted by Crippen LogP contribution is -2.09. The lowest BCUT2D eigenvalue weighted by atomic mass is 9.91. The molecule has 0 aliphatic heterocycles. The molecule has 2 heteroatoms. The summed E-state index contributed by atoms with van der Waals surface area (Å²) in [6.45, 7) is 0. The Morgan fingerprint density at radius 1 is 0.283 bits per heavy atom. The maximum atomic E-state index is 2.36. The molecule has 0 fully saturated rings. The molecule has 0 bridgehead atoms. The summed E-state index contributed by atoms with van der Waals surface area (Å²) in [6.07, 6.45) is 0. The molecule has 0 spiro atoms. The minimum atomic E-state index is 1.10. The largest absolute Gasteiger partial charge is 0.311 e. The third-order valence-electron chi connectivity index (χ3n) is 11.7. The third-order valence-corrected chi connectivity index (χ3v) is 12.9. The molecule has 0 atom stereocenters. The lowest BCUT2D eigenvalue weighted by Gasteiger charge is -2.26. The van der Waals surface area contributed by atoms with Gasteiger partial charge in [-0.25, -0.2) is 0 Å². The highest BCUT2D eigenvalue weighted by Crippen LogP contribution is 2.46. The summed E-state index contributed by atoms with van der Waals surface area (Å²) in [5, 5.41) is 5.12. The monoisotopic (exact) mass is 781 g/mol. The molecule has 0 unspecified atom stereocenters. The van der Waals surface area contributed by atoms with Gasteiger partial charge >= 0.3 is 0 Å². The van der Waals surface area contributed by atoms with Crippen molar-refractivity contribution in [3.63, 3.8) is 0 Å². The van der Waals surface area contributed by atoms with Gasteiger partial charge in [0.15, 0.2) is 0 Å². The van der Waals surface area contributed by atoms with Gasteiger partial charge in [-0.15, -0.1) is 11.3 Å². The van der Waals surface area contributed by atoms with Crippen molar-refractivity contribution in [2.45, 2.75) is 0 Å². The fraction of sp³-hybridized carbons (Fsp3) is 0. The Labute approximate surface area is 354 Å². The molecule has 0 aliphatic rings. The summed E-state index contributed by atoms with van der Waals surface area (Å²) in [5.74, 6) is 0. The fourth-order valence-corrected chi connectivity index (χ4v) is 9.89. The standard InChI is InChI=1S/C58H39NS/c1-3-11-40(12-4-1)43-19-21-44(22-20-43)46-27-33-51(34-28-46)59(50-31-25-45(26-32-50)41-13-5-2-6-14-41)52-35-29-47(30-36-52)53-37-38-55-54-17-9-10-18-56(54)60-58(55)57(53)49-24-23-42-15-7-8-16-48(42)39-49/h1-39H.